The Morgan fingerprint density at radius 1 is 1.20 bits per heavy atom. The summed E-state index contributed by atoms with van der Waals surface area (Å²) in [6.45, 7) is 0.266. The largest absolute Gasteiger partial charge is 0.361 e. The van der Waals surface area contributed by atoms with Crippen molar-refractivity contribution < 1.29 is 8.42 Å². The molecule has 0 spiro atoms. The highest BCUT2D eigenvalue weighted by Gasteiger charge is 2.16. The van der Waals surface area contributed by atoms with Crippen LogP contribution in [0.1, 0.15) is 5.56 Å². The van der Waals surface area contributed by atoms with Crippen LogP contribution in [0.25, 0.3) is 10.9 Å². The van der Waals surface area contributed by atoms with Crippen LogP contribution in [0.3, 0.4) is 0 Å². The van der Waals surface area contributed by atoms with Crippen LogP contribution in [-0.2, 0) is 16.6 Å². The highest BCUT2D eigenvalue weighted by atomic mass is 79.9. The Balaban J connectivity index is 1.83. The van der Waals surface area contributed by atoms with Crippen molar-refractivity contribution >= 4 is 48.2 Å². The van der Waals surface area contributed by atoms with E-state index in [1.54, 1.807) is 12.1 Å². The number of benzene rings is 1. The van der Waals surface area contributed by atoms with E-state index in [1.165, 1.54) is 11.3 Å². The van der Waals surface area contributed by atoms with Crippen molar-refractivity contribution in [3.8, 4) is 0 Å². The molecule has 4 nitrogen and oxygen atoms in total. The molecule has 0 radical (unpaired) electrons. The summed E-state index contributed by atoms with van der Waals surface area (Å²) in [5.41, 5.74) is 1.93. The number of fused-ring (bicyclic) bond motifs is 1. The average Bonchev–Trinajstić information content (AvgIpc) is 3.03. The minimum atomic E-state index is -3.46. The fraction of sp³-hybridized carbons (Fsp3) is 0.0769. The molecule has 0 unspecified atom stereocenters. The molecule has 0 saturated carbocycles. The third-order valence-corrected chi connectivity index (χ3v) is 6.46. The van der Waals surface area contributed by atoms with Gasteiger partial charge in [-0.25, -0.2) is 13.1 Å². The second-order valence-electron chi connectivity index (χ2n) is 4.24. The van der Waals surface area contributed by atoms with Crippen LogP contribution in [0, 0.1) is 0 Å². The molecule has 104 valence electrons. The Kier molecular flexibility index (Phi) is 3.68. The number of para-hydroxylation sites is 1. The molecular weight excluding hydrogens is 360 g/mol. The number of H-pyrrole nitrogens is 1. The van der Waals surface area contributed by atoms with E-state index in [0.29, 0.717) is 4.21 Å². The zero-order valence-corrected chi connectivity index (χ0v) is 13.5. The molecule has 0 atom stereocenters. The minimum absolute atomic E-state index is 0.266. The van der Waals surface area contributed by atoms with Gasteiger partial charge in [-0.05, 0) is 39.7 Å². The first-order valence-corrected chi connectivity index (χ1v) is 8.95. The zero-order valence-electron chi connectivity index (χ0n) is 10.3. The van der Waals surface area contributed by atoms with Gasteiger partial charge in [0, 0.05) is 23.6 Å². The van der Waals surface area contributed by atoms with Gasteiger partial charge in [0.25, 0.3) is 0 Å². The maximum atomic E-state index is 12.1. The molecule has 0 aliphatic heterocycles. The summed E-state index contributed by atoms with van der Waals surface area (Å²) >= 11 is 4.46. The number of rotatable bonds is 4. The fourth-order valence-electron chi connectivity index (χ4n) is 1.96. The van der Waals surface area contributed by atoms with Crippen LogP contribution in [0.5, 0.6) is 0 Å². The van der Waals surface area contributed by atoms with Crippen LogP contribution >= 0.6 is 27.3 Å². The molecule has 2 heterocycles. The number of hydrogen-bond acceptors (Lipinski definition) is 3. The van der Waals surface area contributed by atoms with Crippen molar-refractivity contribution in [2.45, 2.75) is 10.8 Å². The lowest BCUT2D eigenvalue weighted by atomic mass is 10.2. The molecule has 3 aromatic rings. The van der Waals surface area contributed by atoms with Gasteiger partial charge in [0.1, 0.15) is 4.21 Å². The Labute approximate surface area is 129 Å². The maximum Gasteiger partial charge on any atom is 0.250 e. The fourth-order valence-corrected chi connectivity index (χ4v) is 5.02. The summed E-state index contributed by atoms with van der Waals surface area (Å²) in [5, 5.41) is 1.03. The van der Waals surface area contributed by atoms with Crippen molar-refractivity contribution in [3.05, 3.63) is 51.9 Å². The molecule has 0 fully saturated rings. The lowest BCUT2D eigenvalue weighted by Gasteiger charge is -2.03. The van der Waals surface area contributed by atoms with Gasteiger partial charge in [-0.2, -0.15) is 0 Å². The number of aromatic amines is 1. The third kappa shape index (κ3) is 2.67. The lowest BCUT2D eigenvalue weighted by molar-refractivity contribution is 0.583. The maximum absolute atomic E-state index is 12.1. The zero-order chi connectivity index (χ0) is 14.2. The standard InChI is InChI=1S/C13H11BrN2O2S2/c14-12-5-6-13(19-12)20(17,18)16-8-9-7-15-11-4-2-1-3-10(9)11/h1-7,15-16H,8H2. The van der Waals surface area contributed by atoms with E-state index in [4.69, 9.17) is 0 Å². The first-order valence-electron chi connectivity index (χ1n) is 5.86. The number of thiophene rings is 1. The van der Waals surface area contributed by atoms with Crippen LogP contribution in [0.15, 0.2) is 50.6 Å². The van der Waals surface area contributed by atoms with Crippen molar-refractivity contribution in [3.63, 3.8) is 0 Å². The molecule has 0 saturated heterocycles. The van der Waals surface area contributed by atoms with Gasteiger partial charge >= 0.3 is 0 Å². The van der Waals surface area contributed by atoms with E-state index < -0.39 is 10.0 Å². The highest BCUT2D eigenvalue weighted by molar-refractivity contribution is 9.11. The number of sulfonamides is 1. The second-order valence-corrected chi connectivity index (χ2v) is 8.70. The van der Waals surface area contributed by atoms with Gasteiger partial charge in [-0.15, -0.1) is 11.3 Å². The Morgan fingerprint density at radius 3 is 2.75 bits per heavy atom. The Bertz CT molecular complexity index is 852. The number of nitrogens with one attached hydrogen (secondary N) is 2. The molecular formula is C13H11BrN2O2S2. The van der Waals surface area contributed by atoms with Gasteiger partial charge in [0.05, 0.1) is 3.79 Å². The quantitative estimate of drug-likeness (QED) is 0.738. The third-order valence-electron chi connectivity index (χ3n) is 2.94. The summed E-state index contributed by atoms with van der Waals surface area (Å²) in [6.07, 6.45) is 1.83. The van der Waals surface area contributed by atoms with Crippen LogP contribution < -0.4 is 4.72 Å². The van der Waals surface area contributed by atoms with Gasteiger partial charge < -0.3 is 4.98 Å². The Morgan fingerprint density at radius 2 is 2.00 bits per heavy atom. The van der Waals surface area contributed by atoms with Crippen LogP contribution in [-0.4, -0.2) is 13.4 Å². The molecule has 2 N–H and O–H groups in total. The molecule has 2 aromatic heterocycles. The van der Waals surface area contributed by atoms with Crippen molar-refractivity contribution in [2.75, 3.05) is 0 Å². The normalized spacial score (nSPS) is 12.1. The first kappa shape index (κ1) is 13.8. The summed E-state index contributed by atoms with van der Waals surface area (Å²) in [5.74, 6) is 0. The number of aromatic nitrogens is 1. The van der Waals surface area contributed by atoms with Crippen LogP contribution in [0.4, 0.5) is 0 Å². The summed E-state index contributed by atoms with van der Waals surface area (Å²) in [4.78, 5) is 3.13. The van der Waals surface area contributed by atoms with Gasteiger partial charge in [0.2, 0.25) is 10.0 Å². The predicted octanol–water partition coefficient (Wildman–Crippen LogP) is 3.47. The average molecular weight is 371 g/mol. The highest BCUT2D eigenvalue weighted by Crippen LogP contribution is 2.26. The summed E-state index contributed by atoms with van der Waals surface area (Å²) in [6, 6.07) is 11.1. The molecule has 7 heteroatoms. The van der Waals surface area contributed by atoms with Crippen molar-refractivity contribution in [1.29, 1.82) is 0 Å². The van der Waals surface area contributed by atoms with E-state index in [0.717, 1.165) is 20.3 Å². The summed E-state index contributed by atoms with van der Waals surface area (Å²) < 4.78 is 28.0. The molecule has 0 aliphatic rings. The SMILES string of the molecule is O=S(=O)(NCc1c[nH]c2ccccc12)c1ccc(Br)s1. The molecule has 3 rings (SSSR count). The van der Waals surface area contributed by atoms with Crippen molar-refractivity contribution in [2.24, 2.45) is 0 Å². The molecule has 20 heavy (non-hydrogen) atoms. The minimum Gasteiger partial charge on any atom is -0.361 e. The number of halogens is 1. The van der Waals surface area contributed by atoms with E-state index in [9.17, 15) is 8.42 Å². The van der Waals surface area contributed by atoms with Crippen LogP contribution in [0.2, 0.25) is 0 Å². The predicted molar refractivity (Wildman–Crippen MR) is 84.3 cm³/mol. The Hall–Kier alpha value is -1.15. The topological polar surface area (TPSA) is 62.0 Å². The smallest absolute Gasteiger partial charge is 0.250 e. The van der Waals surface area contributed by atoms with E-state index >= 15 is 0 Å². The van der Waals surface area contributed by atoms with Gasteiger partial charge in [-0.1, -0.05) is 18.2 Å². The first-order chi connectivity index (χ1) is 9.56. The molecule has 0 bridgehead atoms. The second kappa shape index (κ2) is 5.33. The van der Waals surface area contributed by atoms with Gasteiger partial charge in [0.15, 0.2) is 0 Å². The van der Waals surface area contributed by atoms with Gasteiger partial charge in [-0.3, -0.25) is 0 Å². The van der Waals surface area contributed by atoms with E-state index in [-0.39, 0.29) is 6.54 Å². The number of hydrogen-bond donors (Lipinski definition) is 2. The summed E-state index contributed by atoms with van der Waals surface area (Å²) in [7, 11) is -3.46. The molecule has 0 aliphatic carbocycles. The monoisotopic (exact) mass is 370 g/mol. The van der Waals surface area contributed by atoms with E-state index in [1.807, 2.05) is 30.5 Å². The van der Waals surface area contributed by atoms with Crippen molar-refractivity contribution in [1.82, 2.24) is 9.71 Å². The molecule has 1 aromatic carbocycles. The molecule has 0 amide bonds. The lowest BCUT2D eigenvalue weighted by Crippen LogP contribution is -2.22. The van der Waals surface area contributed by atoms with E-state index in [2.05, 4.69) is 25.6 Å².